The van der Waals surface area contributed by atoms with Gasteiger partial charge < -0.3 is 4.74 Å². The van der Waals surface area contributed by atoms with Crippen molar-refractivity contribution in [2.24, 2.45) is 5.92 Å². The normalized spacial score (nSPS) is 27.8. The monoisotopic (exact) mass is 360 g/mol. The topological polar surface area (TPSA) is 89.8 Å². The number of carbonyl (C=O) groups is 2. The molecule has 25 heavy (non-hydrogen) atoms. The number of rotatable bonds is 3. The number of hydrogen-bond acceptors (Lipinski definition) is 6. The van der Waals surface area contributed by atoms with E-state index < -0.39 is 21.7 Å². The molecule has 1 amide bonds. The molecule has 7 nitrogen and oxygen atoms in total. The first kappa shape index (κ1) is 17.2. The van der Waals surface area contributed by atoms with Gasteiger partial charge in [0.25, 0.3) is 11.6 Å². The van der Waals surface area contributed by atoms with E-state index in [0.717, 1.165) is 0 Å². The Morgan fingerprint density at radius 1 is 1.32 bits per heavy atom. The third-order valence-electron chi connectivity index (χ3n) is 4.20. The third-order valence-corrected chi connectivity index (χ3v) is 5.68. The van der Waals surface area contributed by atoms with Gasteiger partial charge >= 0.3 is 5.97 Å². The number of nitro groups is 1. The molecule has 2 heterocycles. The first-order chi connectivity index (χ1) is 11.9. The largest absolute Gasteiger partial charge is 0.468 e. The van der Waals surface area contributed by atoms with E-state index in [0.29, 0.717) is 5.69 Å². The van der Waals surface area contributed by atoms with Crippen LogP contribution in [0, 0.1) is 16.0 Å². The lowest BCUT2D eigenvalue weighted by Gasteiger charge is -2.44. The van der Waals surface area contributed by atoms with E-state index in [2.05, 4.69) is 0 Å². The third kappa shape index (κ3) is 2.82. The summed E-state index contributed by atoms with van der Waals surface area (Å²) < 4.78 is 4.92. The van der Waals surface area contributed by atoms with Gasteiger partial charge in [-0.2, -0.15) is 0 Å². The summed E-state index contributed by atoms with van der Waals surface area (Å²) in [5, 5.41) is 10.9. The molecule has 0 saturated carbocycles. The van der Waals surface area contributed by atoms with Crippen LogP contribution in [0.2, 0.25) is 0 Å². The lowest BCUT2D eigenvalue weighted by atomic mass is 9.96. The van der Waals surface area contributed by atoms with Gasteiger partial charge in [0.1, 0.15) is 10.8 Å². The van der Waals surface area contributed by atoms with E-state index in [1.165, 1.54) is 54.1 Å². The summed E-state index contributed by atoms with van der Waals surface area (Å²) in [4.78, 5) is 35.8. The highest BCUT2D eigenvalue weighted by Crippen LogP contribution is 2.49. The number of benzene rings is 1. The zero-order valence-corrected chi connectivity index (χ0v) is 14.4. The molecule has 0 fully saturated rings. The summed E-state index contributed by atoms with van der Waals surface area (Å²) in [6.07, 6.45) is 6.80. The Morgan fingerprint density at radius 3 is 2.60 bits per heavy atom. The van der Waals surface area contributed by atoms with Crippen LogP contribution in [0.15, 0.2) is 48.6 Å². The predicted molar refractivity (Wildman–Crippen MR) is 94.2 cm³/mol. The number of nitro benzene ring substituents is 1. The fourth-order valence-electron chi connectivity index (χ4n) is 3.09. The first-order valence-corrected chi connectivity index (χ1v) is 8.49. The van der Waals surface area contributed by atoms with Crippen LogP contribution in [0.1, 0.15) is 6.92 Å². The molecule has 0 aliphatic carbocycles. The van der Waals surface area contributed by atoms with Crippen molar-refractivity contribution in [1.29, 1.82) is 0 Å². The van der Waals surface area contributed by atoms with Gasteiger partial charge in [-0.1, -0.05) is 12.2 Å². The van der Waals surface area contributed by atoms with Crippen molar-refractivity contribution < 1.29 is 19.2 Å². The average Bonchev–Trinajstić information content (AvgIpc) is 2.90. The van der Waals surface area contributed by atoms with Gasteiger partial charge in [-0.25, -0.2) is 0 Å². The number of thioether (sulfide) groups is 1. The van der Waals surface area contributed by atoms with Gasteiger partial charge in [0.15, 0.2) is 0 Å². The zero-order valence-electron chi connectivity index (χ0n) is 13.6. The molecule has 1 aromatic carbocycles. The molecule has 0 unspecified atom stereocenters. The molecule has 0 saturated heterocycles. The number of nitrogens with zero attached hydrogens (tertiary/aromatic N) is 2. The summed E-state index contributed by atoms with van der Waals surface area (Å²) in [6.45, 7) is 1.97. The summed E-state index contributed by atoms with van der Waals surface area (Å²) in [6, 6.07) is 5.72. The second kappa shape index (κ2) is 6.36. The van der Waals surface area contributed by atoms with E-state index in [1.54, 1.807) is 12.2 Å². The Bertz CT molecular complexity index is 789. The van der Waals surface area contributed by atoms with Gasteiger partial charge in [0, 0.05) is 29.1 Å². The molecule has 1 spiro atoms. The molecular formula is C17H16N2O5S. The number of hydrogen-bond donors (Lipinski definition) is 0. The highest BCUT2D eigenvalue weighted by Gasteiger charge is 2.53. The number of ether oxygens (including phenoxy) is 1. The Balaban J connectivity index is 2.07. The van der Waals surface area contributed by atoms with Crippen LogP contribution in [0.5, 0.6) is 0 Å². The van der Waals surface area contributed by atoms with E-state index in [4.69, 9.17) is 4.74 Å². The van der Waals surface area contributed by atoms with Crippen molar-refractivity contribution in [1.82, 2.24) is 0 Å². The van der Waals surface area contributed by atoms with Crippen LogP contribution in [-0.4, -0.2) is 34.0 Å². The van der Waals surface area contributed by atoms with E-state index in [-0.39, 0.29) is 16.8 Å². The lowest BCUT2D eigenvalue weighted by Crippen LogP contribution is -2.53. The Morgan fingerprint density at radius 2 is 2.00 bits per heavy atom. The van der Waals surface area contributed by atoms with Crippen molar-refractivity contribution in [2.75, 3.05) is 12.0 Å². The molecule has 3 rings (SSSR count). The smallest absolute Gasteiger partial charge is 0.316 e. The molecule has 0 aromatic heterocycles. The molecule has 2 aliphatic heterocycles. The molecule has 8 heteroatoms. The fourth-order valence-corrected chi connectivity index (χ4v) is 4.62. The van der Waals surface area contributed by atoms with E-state index >= 15 is 0 Å². The van der Waals surface area contributed by atoms with Crippen LogP contribution in [0.25, 0.3) is 0 Å². The predicted octanol–water partition coefficient (Wildman–Crippen LogP) is 2.67. The number of anilines is 1. The number of esters is 1. The molecule has 2 aliphatic rings. The zero-order chi connectivity index (χ0) is 18.2. The second-order valence-electron chi connectivity index (χ2n) is 5.74. The highest BCUT2D eigenvalue weighted by atomic mass is 32.2. The maximum atomic E-state index is 12.5. The summed E-state index contributed by atoms with van der Waals surface area (Å²) in [5.74, 6) is -1.39. The maximum Gasteiger partial charge on any atom is 0.316 e. The molecule has 0 radical (unpaired) electrons. The molecule has 1 aromatic rings. The number of amides is 1. The van der Waals surface area contributed by atoms with Crippen molar-refractivity contribution in [3.8, 4) is 0 Å². The summed E-state index contributed by atoms with van der Waals surface area (Å²) in [7, 11) is 1.31. The van der Waals surface area contributed by atoms with Gasteiger partial charge in [-0.05, 0) is 25.1 Å². The molecule has 130 valence electrons. The maximum absolute atomic E-state index is 12.5. The standard InChI is InChI=1S/C17H16N2O5S/c1-11-3-8-14(16(21)24-2)17(25-11)10-9-15(20)18(17)12-4-6-13(7-5-12)19(22)23/h3-11,14H,1-2H3/t11-,14-,17+/m1/s1. The van der Waals surface area contributed by atoms with E-state index in [1.807, 2.05) is 13.0 Å². The van der Waals surface area contributed by atoms with Crippen LogP contribution in [-0.2, 0) is 14.3 Å². The quantitative estimate of drug-likeness (QED) is 0.356. The van der Waals surface area contributed by atoms with Gasteiger partial charge in [-0.3, -0.25) is 24.6 Å². The van der Waals surface area contributed by atoms with Gasteiger partial charge in [-0.15, -0.1) is 11.8 Å². The van der Waals surface area contributed by atoms with Crippen LogP contribution >= 0.6 is 11.8 Å². The van der Waals surface area contributed by atoms with Crippen molar-refractivity contribution in [3.63, 3.8) is 0 Å². The minimum absolute atomic E-state index is 0.0634. The molecule has 0 bridgehead atoms. The Hall–Kier alpha value is -2.61. The number of methoxy groups -OCH3 is 1. The molecular weight excluding hydrogens is 344 g/mol. The van der Waals surface area contributed by atoms with E-state index in [9.17, 15) is 19.7 Å². The minimum Gasteiger partial charge on any atom is -0.468 e. The summed E-state index contributed by atoms with van der Waals surface area (Å²) in [5.41, 5.74) is 0.427. The minimum atomic E-state index is -0.950. The fraction of sp³-hybridized carbons (Fsp3) is 0.294. The first-order valence-electron chi connectivity index (χ1n) is 7.61. The highest BCUT2D eigenvalue weighted by molar-refractivity contribution is 8.01. The van der Waals surface area contributed by atoms with Gasteiger partial charge in [0.2, 0.25) is 0 Å². The molecule has 0 N–H and O–H groups in total. The number of non-ortho nitro benzene ring substituents is 1. The Labute approximate surface area is 148 Å². The summed E-state index contributed by atoms with van der Waals surface area (Å²) >= 11 is 1.46. The van der Waals surface area contributed by atoms with Crippen molar-refractivity contribution in [2.45, 2.75) is 17.0 Å². The average molecular weight is 360 g/mol. The van der Waals surface area contributed by atoms with Crippen molar-refractivity contribution >= 4 is 35.0 Å². The lowest BCUT2D eigenvalue weighted by molar-refractivity contribution is -0.384. The van der Waals surface area contributed by atoms with Crippen molar-refractivity contribution in [3.05, 3.63) is 58.7 Å². The Kier molecular flexibility index (Phi) is 4.38. The molecule has 3 atom stereocenters. The van der Waals surface area contributed by atoms with Crippen LogP contribution in [0.4, 0.5) is 11.4 Å². The van der Waals surface area contributed by atoms with Crippen LogP contribution in [0.3, 0.4) is 0 Å². The van der Waals surface area contributed by atoms with Gasteiger partial charge in [0.05, 0.1) is 12.0 Å². The number of carbonyl (C=O) groups excluding carboxylic acids is 2. The van der Waals surface area contributed by atoms with Crippen LogP contribution < -0.4 is 4.90 Å². The SMILES string of the molecule is COC(=O)[C@H]1C=C[C@@H](C)S[C@@]12C=CC(=O)N2c1ccc([N+](=O)[O-])cc1. The second-order valence-corrected chi connectivity index (χ2v) is 7.37.